The first-order valence-corrected chi connectivity index (χ1v) is 9.47. The Morgan fingerprint density at radius 1 is 1.07 bits per heavy atom. The molecule has 1 amide bonds. The monoisotopic (exact) mass is 363 g/mol. The number of aryl methyl sites for hydroxylation is 2. The molecule has 0 bridgehead atoms. The van der Waals surface area contributed by atoms with Crippen molar-refractivity contribution < 1.29 is 14.0 Å². The maximum Gasteiger partial charge on any atom is 0.232 e. The number of carbonyl (C=O) groups is 2. The molecule has 1 unspecified atom stereocenters. The van der Waals surface area contributed by atoms with Crippen LogP contribution in [0.5, 0.6) is 0 Å². The van der Waals surface area contributed by atoms with E-state index in [-0.39, 0.29) is 29.4 Å². The minimum Gasteiger partial charge on any atom is -0.469 e. The number of allylic oxidation sites excluding steroid dienone is 2. The zero-order valence-electron chi connectivity index (χ0n) is 16.3. The summed E-state index contributed by atoms with van der Waals surface area (Å²) in [7, 11) is 0. The Morgan fingerprint density at radius 2 is 1.85 bits per heavy atom. The lowest BCUT2D eigenvalue weighted by Gasteiger charge is -2.42. The zero-order chi connectivity index (χ0) is 19.3. The number of furan rings is 1. The third-order valence-corrected chi connectivity index (χ3v) is 5.78. The molecule has 2 heterocycles. The number of Topliss-reactive ketones (excluding diaryl/α,β-unsaturated/α-hetero) is 1. The first-order chi connectivity index (χ1) is 12.8. The summed E-state index contributed by atoms with van der Waals surface area (Å²) in [6.07, 6.45) is 3.06. The molecule has 0 spiro atoms. The van der Waals surface area contributed by atoms with E-state index in [4.69, 9.17) is 4.42 Å². The Morgan fingerprint density at radius 3 is 2.52 bits per heavy atom. The Bertz CT molecular complexity index is 950. The van der Waals surface area contributed by atoms with Crippen molar-refractivity contribution >= 4 is 17.4 Å². The quantitative estimate of drug-likeness (QED) is 0.749. The summed E-state index contributed by atoms with van der Waals surface area (Å²) in [5.74, 6) is 0.561. The lowest BCUT2D eigenvalue weighted by Crippen LogP contribution is -2.43. The van der Waals surface area contributed by atoms with Gasteiger partial charge in [-0.3, -0.25) is 14.5 Å². The molecule has 0 radical (unpaired) electrons. The summed E-state index contributed by atoms with van der Waals surface area (Å²) < 4.78 is 5.59. The van der Waals surface area contributed by atoms with Crippen LogP contribution in [0.15, 0.2) is 52.3 Å². The standard InChI is InChI=1S/C23H25NO3/c1-14-7-8-16(10-15(14)2)24-18-12-23(3,4)13-19(25)22(18)17(11-21(24)26)20-6-5-9-27-20/h5-10,17H,11-13H2,1-4H3. The number of hydrogen-bond donors (Lipinski definition) is 0. The van der Waals surface area contributed by atoms with Crippen LogP contribution in [0, 0.1) is 19.3 Å². The second-order valence-electron chi connectivity index (χ2n) is 8.57. The Balaban J connectivity index is 1.90. The van der Waals surface area contributed by atoms with E-state index in [1.54, 1.807) is 11.2 Å². The highest BCUT2D eigenvalue weighted by Gasteiger charge is 2.45. The number of anilines is 1. The first kappa shape index (κ1) is 17.8. The van der Waals surface area contributed by atoms with Gasteiger partial charge in [0.15, 0.2) is 5.78 Å². The van der Waals surface area contributed by atoms with Gasteiger partial charge < -0.3 is 4.42 Å². The van der Waals surface area contributed by atoms with E-state index >= 15 is 0 Å². The molecule has 1 aromatic carbocycles. The van der Waals surface area contributed by atoms with Crippen molar-refractivity contribution in [2.75, 3.05) is 4.90 Å². The topological polar surface area (TPSA) is 50.5 Å². The van der Waals surface area contributed by atoms with Gasteiger partial charge in [0.05, 0.1) is 12.2 Å². The van der Waals surface area contributed by atoms with E-state index in [2.05, 4.69) is 20.8 Å². The smallest absolute Gasteiger partial charge is 0.232 e. The van der Waals surface area contributed by atoms with Crippen LogP contribution in [0.4, 0.5) is 5.69 Å². The van der Waals surface area contributed by atoms with Gasteiger partial charge in [-0.25, -0.2) is 0 Å². The van der Waals surface area contributed by atoms with Crippen molar-refractivity contribution in [2.24, 2.45) is 5.41 Å². The summed E-state index contributed by atoms with van der Waals surface area (Å²) in [4.78, 5) is 28.1. The maximum atomic E-state index is 13.2. The van der Waals surface area contributed by atoms with Crippen molar-refractivity contribution in [2.45, 2.75) is 52.9 Å². The molecular weight excluding hydrogens is 338 g/mol. The van der Waals surface area contributed by atoms with Crippen LogP contribution in [0.1, 0.15) is 55.9 Å². The van der Waals surface area contributed by atoms with Crippen LogP contribution in [0.25, 0.3) is 0 Å². The summed E-state index contributed by atoms with van der Waals surface area (Å²) in [5.41, 5.74) is 4.60. The maximum absolute atomic E-state index is 13.2. The van der Waals surface area contributed by atoms with Crippen LogP contribution in [-0.2, 0) is 9.59 Å². The van der Waals surface area contributed by atoms with Crippen LogP contribution in [0.2, 0.25) is 0 Å². The number of hydrogen-bond acceptors (Lipinski definition) is 3. The lowest BCUT2D eigenvalue weighted by molar-refractivity contribution is -0.121. The second kappa shape index (κ2) is 6.22. The van der Waals surface area contributed by atoms with Crippen molar-refractivity contribution in [1.82, 2.24) is 0 Å². The van der Waals surface area contributed by atoms with E-state index in [0.717, 1.165) is 22.5 Å². The van der Waals surface area contributed by atoms with Crippen LogP contribution in [-0.4, -0.2) is 11.7 Å². The van der Waals surface area contributed by atoms with Gasteiger partial charge in [-0.2, -0.15) is 0 Å². The summed E-state index contributed by atoms with van der Waals surface area (Å²) in [6.45, 7) is 8.29. The highest BCUT2D eigenvalue weighted by Crippen LogP contribution is 2.48. The normalized spacial score (nSPS) is 22.2. The molecule has 1 aliphatic carbocycles. The third-order valence-electron chi connectivity index (χ3n) is 5.78. The van der Waals surface area contributed by atoms with Crippen molar-refractivity contribution in [1.29, 1.82) is 0 Å². The van der Waals surface area contributed by atoms with Gasteiger partial charge >= 0.3 is 0 Å². The third kappa shape index (κ3) is 3.03. The Hall–Kier alpha value is -2.62. The van der Waals surface area contributed by atoms with E-state index < -0.39 is 0 Å². The molecule has 0 fully saturated rings. The van der Waals surface area contributed by atoms with Gasteiger partial charge in [0, 0.05) is 29.8 Å². The molecule has 27 heavy (non-hydrogen) atoms. The Kier molecular flexibility index (Phi) is 4.10. The van der Waals surface area contributed by atoms with Gasteiger partial charge in [-0.1, -0.05) is 19.9 Å². The van der Waals surface area contributed by atoms with Gasteiger partial charge in [0.25, 0.3) is 0 Å². The molecule has 2 aliphatic rings. The molecular formula is C23H25NO3. The second-order valence-corrected chi connectivity index (χ2v) is 8.57. The summed E-state index contributed by atoms with van der Waals surface area (Å²) >= 11 is 0. The molecule has 140 valence electrons. The largest absolute Gasteiger partial charge is 0.469 e. The van der Waals surface area contributed by atoms with E-state index in [0.29, 0.717) is 18.6 Å². The molecule has 2 aromatic rings. The van der Waals surface area contributed by atoms with Gasteiger partial charge in [-0.05, 0) is 61.1 Å². The average Bonchev–Trinajstić information content (AvgIpc) is 3.10. The highest BCUT2D eigenvalue weighted by atomic mass is 16.3. The van der Waals surface area contributed by atoms with Crippen LogP contribution in [0.3, 0.4) is 0 Å². The molecule has 4 nitrogen and oxygen atoms in total. The van der Waals surface area contributed by atoms with Crippen LogP contribution < -0.4 is 4.90 Å². The fraction of sp³-hybridized carbons (Fsp3) is 0.391. The first-order valence-electron chi connectivity index (χ1n) is 9.47. The number of nitrogens with zero attached hydrogens (tertiary/aromatic N) is 1. The minimum atomic E-state index is -0.283. The van der Waals surface area contributed by atoms with Crippen molar-refractivity contribution in [3.8, 4) is 0 Å². The van der Waals surface area contributed by atoms with Crippen molar-refractivity contribution in [3.05, 3.63) is 64.8 Å². The molecule has 4 rings (SSSR count). The molecule has 1 aliphatic heterocycles. The van der Waals surface area contributed by atoms with E-state index in [1.807, 2.05) is 37.3 Å². The number of ketones is 1. The lowest BCUT2D eigenvalue weighted by atomic mass is 9.70. The molecule has 1 aromatic heterocycles. The van der Waals surface area contributed by atoms with Gasteiger partial charge in [0.1, 0.15) is 5.76 Å². The molecule has 4 heteroatoms. The van der Waals surface area contributed by atoms with Crippen LogP contribution >= 0.6 is 0 Å². The predicted molar refractivity (Wildman–Crippen MR) is 105 cm³/mol. The van der Waals surface area contributed by atoms with Crippen molar-refractivity contribution in [3.63, 3.8) is 0 Å². The number of benzene rings is 1. The molecule has 0 saturated carbocycles. The number of carbonyl (C=O) groups excluding carboxylic acids is 2. The fourth-order valence-corrected chi connectivity index (χ4v) is 4.31. The minimum absolute atomic E-state index is 0.0175. The zero-order valence-corrected chi connectivity index (χ0v) is 16.3. The summed E-state index contributed by atoms with van der Waals surface area (Å²) in [6, 6.07) is 9.72. The van der Waals surface area contributed by atoms with Gasteiger partial charge in [0.2, 0.25) is 5.91 Å². The molecule has 0 N–H and O–H groups in total. The fourth-order valence-electron chi connectivity index (χ4n) is 4.31. The highest BCUT2D eigenvalue weighted by molar-refractivity contribution is 6.07. The predicted octanol–water partition coefficient (Wildman–Crippen LogP) is 5.06. The molecule has 0 saturated heterocycles. The van der Waals surface area contributed by atoms with E-state index in [1.165, 1.54) is 5.56 Å². The van der Waals surface area contributed by atoms with E-state index in [9.17, 15) is 9.59 Å². The molecule has 1 atom stereocenters. The van der Waals surface area contributed by atoms with Gasteiger partial charge in [-0.15, -0.1) is 0 Å². The summed E-state index contributed by atoms with van der Waals surface area (Å²) in [5, 5.41) is 0. The average molecular weight is 363 g/mol. The Labute approximate surface area is 159 Å². The number of rotatable bonds is 2. The number of amides is 1. The SMILES string of the molecule is Cc1ccc(N2C(=O)CC(c3ccco3)C3=C2CC(C)(C)CC3=O)cc1C.